The highest BCUT2D eigenvalue weighted by Gasteiger charge is 2.41. The SMILES string of the molecule is [C-]#[N+]/C(C#N)=C1\C(=C2c3cccc(N(C)C)c3C(=[N+](C)C)c3c2cccc3N(C)C)C([O-])=C1c1c2ccccc2c(N(C)C)c2cccc(N)c12. The number of hydrogen-bond acceptors (Lipinski definition) is 6. The minimum Gasteiger partial charge on any atom is -0.872 e. The molecule has 0 aliphatic heterocycles. The molecular formula is C43H39N7O. The Morgan fingerprint density at radius 1 is 0.706 bits per heavy atom. The molecule has 0 spiro atoms. The lowest BCUT2D eigenvalue weighted by molar-refractivity contribution is -0.463. The normalized spacial score (nSPS) is 14.4. The van der Waals surface area contributed by atoms with Crippen LogP contribution in [-0.4, -0.2) is 66.7 Å². The summed E-state index contributed by atoms with van der Waals surface area (Å²) in [5.41, 5.74) is 17.3. The fourth-order valence-electron chi connectivity index (χ4n) is 7.97. The minimum absolute atomic E-state index is 0.131. The third kappa shape index (κ3) is 4.68. The lowest BCUT2D eigenvalue weighted by atomic mass is 9.68. The molecule has 0 heterocycles. The Morgan fingerprint density at radius 3 is 1.76 bits per heavy atom. The van der Waals surface area contributed by atoms with Gasteiger partial charge in [0.1, 0.15) is 14.1 Å². The topological polar surface area (TPSA) is 90.0 Å². The number of benzene rings is 5. The van der Waals surface area contributed by atoms with E-state index >= 15 is 5.11 Å². The largest absolute Gasteiger partial charge is 0.872 e. The summed E-state index contributed by atoms with van der Waals surface area (Å²) in [6.07, 6.45) is 0. The molecule has 8 nitrogen and oxygen atoms in total. The number of nitriles is 1. The zero-order valence-electron chi connectivity index (χ0n) is 30.2. The molecule has 5 aromatic carbocycles. The Labute approximate surface area is 299 Å². The van der Waals surface area contributed by atoms with Gasteiger partial charge in [0, 0.05) is 69.7 Å². The van der Waals surface area contributed by atoms with Gasteiger partial charge in [-0.2, -0.15) is 0 Å². The molecule has 0 radical (unpaired) electrons. The molecule has 0 atom stereocenters. The first kappa shape index (κ1) is 33.0. The summed E-state index contributed by atoms with van der Waals surface area (Å²) in [4.78, 5) is 9.97. The molecule has 0 aromatic heterocycles. The van der Waals surface area contributed by atoms with E-state index < -0.39 is 0 Å². The van der Waals surface area contributed by atoms with Crippen molar-refractivity contribution in [1.29, 1.82) is 5.26 Å². The van der Waals surface area contributed by atoms with E-state index in [1.807, 2.05) is 123 Å². The maximum absolute atomic E-state index is 15.3. The van der Waals surface area contributed by atoms with E-state index in [-0.39, 0.29) is 11.5 Å². The van der Waals surface area contributed by atoms with Crippen molar-refractivity contribution in [2.24, 2.45) is 0 Å². The Balaban J connectivity index is 1.74. The second-order valence-electron chi connectivity index (χ2n) is 13.8. The molecule has 2 aliphatic rings. The molecule has 0 unspecified atom stereocenters. The molecule has 252 valence electrons. The van der Waals surface area contributed by atoms with Crippen molar-refractivity contribution in [3.8, 4) is 6.07 Å². The van der Waals surface area contributed by atoms with Crippen LogP contribution in [0.2, 0.25) is 0 Å². The molecule has 51 heavy (non-hydrogen) atoms. The van der Waals surface area contributed by atoms with Crippen LogP contribution in [0.3, 0.4) is 0 Å². The molecule has 0 fully saturated rings. The summed E-state index contributed by atoms with van der Waals surface area (Å²) in [6, 6.07) is 28.1. The van der Waals surface area contributed by atoms with Crippen LogP contribution in [0.15, 0.2) is 101 Å². The fourth-order valence-corrected chi connectivity index (χ4v) is 7.97. The van der Waals surface area contributed by atoms with Gasteiger partial charge in [0.05, 0.1) is 40.8 Å². The van der Waals surface area contributed by atoms with Gasteiger partial charge >= 0.3 is 0 Å². The zero-order chi connectivity index (χ0) is 36.5. The average Bonchev–Trinajstić information content (AvgIpc) is 3.10. The van der Waals surface area contributed by atoms with E-state index in [0.717, 1.165) is 66.6 Å². The van der Waals surface area contributed by atoms with E-state index in [4.69, 9.17) is 12.3 Å². The predicted octanol–water partition coefficient (Wildman–Crippen LogP) is 6.48. The van der Waals surface area contributed by atoms with E-state index in [2.05, 4.69) is 42.3 Å². The van der Waals surface area contributed by atoms with Gasteiger partial charge < -0.3 is 25.5 Å². The van der Waals surface area contributed by atoms with E-state index in [1.165, 1.54) is 0 Å². The van der Waals surface area contributed by atoms with Crippen LogP contribution < -0.4 is 25.5 Å². The maximum Gasteiger partial charge on any atom is 0.270 e. The number of nitrogens with zero attached hydrogens (tertiary/aromatic N) is 6. The van der Waals surface area contributed by atoms with Crippen LogP contribution in [0.1, 0.15) is 27.8 Å². The molecular weight excluding hydrogens is 631 g/mol. The first-order valence-corrected chi connectivity index (χ1v) is 16.7. The molecule has 7 rings (SSSR count). The number of anilines is 4. The van der Waals surface area contributed by atoms with E-state index in [0.29, 0.717) is 33.5 Å². The van der Waals surface area contributed by atoms with Crippen molar-refractivity contribution in [2.45, 2.75) is 0 Å². The first-order valence-electron chi connectivity index (χ1n) is 16.7. The molecule has 0 saturated carbocycles. The van der Waals surface area contributed by atoms with Crippen molar-refractivity contribution in [2.75, 3.05) is 76.8 Å². The number of allylic oxidation sites excluding steroid dienone is 3. The third-order valence-corrected chi connectivity index (χ3v) is 9.92. The zero-order valence-corrected chi connectivity index (χ0v) is 30.2. The Kier molecular flexibility index (Phi) is 7.84. The van der Waals surface area contributed by atoms with Gasteiger partial charge in [-0.05, 0) is 57.0 Å². The maximum atomic E-state index is 15.3. The lowest BCUT2D eigenvalue weighted by Gasteiger charge is -2.41. The number of nitrogen functional groups attached to an aromatic ring is 1. The summed E-state index contributed by atoms with van der Waals surface area (Å²) >= 11 is 0. The van der Waals surface area contributed by atoms with Crippen molar-refractivity contribution in [1.82, 2.24) is 0 Å². The van der Waals surface area contributed by atoms with Crippen molar-refractivity contribution in [3.05, 3.63) is 141 Å². The first-order chi connectivity index (χ1) is 24.4. The van der Waals surface area contributed by atoms with Gasteiger partial charge in [-0.3, -0.25) is 0 Å². The van der Waals surface area contributed by atoms with Crippen molar-refractivity contribution < 1.29 is 9.68 Å². The molecule has 2 N–H and O–H groups in total. The number of fused-ring (bicyclic) bond motifs is 4. The lowest BCUT2D eigenvalue weighted by Crippen LogP contribution is -2.31. The smallest absolute Gasteiger partial charge is 0.270 e. The fraction of sp³-hybridized carbons (Fsp3) is 0.186. The van der Waals surface area contributed by atoms with Crippen LogP contribution in [-0.2, 0) is 0 Å². The average molecular weight is 670 g/mol. The summed E-state index contributed by atoms with van der Waals surface area (Å²) in [5, 5.41) is 29.2. The van der Waals surface area contributed by atoms with Gasteiger partial charge in [-0.25, -0.2) is 14.7 Å². The quantitative estimate of drug-likeness (QED) is 0.0760. The standard InChI is InChI=1S/C43H39N7O/c1-46-30(23-44)38-39(43(51)40(38)37-24-15-10-11-16-25(24)41(49(6)7)28-19-12-20-29(45)34(28)37)33-26-17-13-21-31(47(2)3)35(26)42(50(8)9)36-27(33)18-14-22-32(36)48(4)5/h10-22H,45H2,2-9H3/b38-30+. The summed E-state index contributed by atoms with van der Waals surface area (Å²) in [5.74, 6) is -0.223. The monoisotopic (exact) mass is 669 g/mol. The molecule has 5 aromatic rings. The number of hydrogen-bond donors (Lipinski definition) is 1. The summed E-state index contributed by atoms with van der Waals surface area (Å²) in [7, 11) is 16.1. The third-order valence-electron chi connectivity index (χ3n) is 9.92. The van der Waals surface area contributed by atoms with Crippen LogP contribution >= 0.6 is 0 Å². The number of rotatable bonds is 4. The second-order valence-corrected chi connectivity index (χ2v) is 13.8. The highest BCUT2D eigenvalue weighted by molar-refractivity contribution is 6.28. The Hall–Kier alpha value is -6.51. The molecule has 8 heteroatoms. The summed E-state index contributed by atoms with van der Waals surface area (Å²) < 4.78 is 2.13. The highest BCUT2D eigenvalue weighted by Crippen LogP contribution is 2.56. The van der Waals surface area contributed by atoms with Crippen molar-refractivity contribution in [3.63, 3.8) is 0 Å². The minimum atomic E-state index is -0.223. The Bertz CT molecular complexity index is 2480. The second kappa shape index (κ2) is 12.1. The van der Waals surface area contributed by atoms with Crippen LogP contribution in [0, 0.1) is 17.9 Å². The molecule has 2 aliphatic carbocycles. The van der Waals surface area contributed by atoms with Gasteiger partial charge in [-0.1, -0.05) is 66.4 Å². The van der Waals surface area contributed by atoms with E-state index in [1.54, 1.807) is 0 Å². The van der Waals surface area contributed by atoms with Crippen molar-refractivity contribution >= 4 is 61.2 Å². The predicted molar refractivity (Wildman–Crippen MR) is 209 cm³/mol. The summed E-state index contributed by atoms with van der Waals surface area (Å²) in [6.45, 7) is 8.21. The van der Waals surface area contributed by atoms with Gasteiger partial charge in [0.2, 0.25) is 5.71 Å². The van der Waals surface area contributed by atoms with E-state index in [9.17, 15) is 5.26 Å². The van der Waals surface area contributed by atoms with Crippen LogP contribution in [0.5, 0.6) is 0 Å². The van der Waals surface area contributed by atoms with Crippen LogP contribution in [0.25, 0.3) is 37.5 Å². The Morgan fingerprint density at radius 2 is 1.25 bits per heavy atom. The van der Waals surface area contributed by atoms with Crippen LogP contribution in [0.4, 0.5) is 22.7 Å². The molecule has 0 amide bonds. The van der Waals surface area contributed by atoms with Gasteiger partial charge in [-0.15, -0.1) is 0 Å². The molecule has 0 bridgehead atoms. The number of nitrogens with two attached hydrogens (primary N) is 1. The molecule has 0 saturated heterocycles. The van der Waals surface area contributed by atoms with Gasteiger partial charge in [0.25, 0.3) is 5.70 Å². The van der Waals surface area contributed by atoms with Gasteiger partial charge in [0.15, 0.2) is 0 Å². The highest BCUT2D eigenvalue weighted by atomic mass is 16.3.